The lowest BCUT2D eigenvalue weighted by atomic mass is 10.4. The molecule has 2 heterocycles. The highest BCUT2D eigenvalue weighted by atomic mass is 19.4. The van der Waals surface area contributed by atoms with Crippen LogP contribution in [0.4, 0.5) is 13.2 Å². The highest BCUT2D eigenvalue weighted by molar-refractivity contribution is 6.01. The van der Waals surface area contributed by atoms with Crippen molar-refractivity contribution in [3.63, 3.8) is 0 Å². The molecule has 0 bridgehead atoms. The fraction of sp³-hybridized carbons (Fsp3) is 0.500. The molecule has 0 aliphatic carbocycles. The summed E-state index contributed by atoms with van der Waals surface area (Å²) in [6, 6.07) is 0.881. The van der Waals surface area contributed by atoms with E-state index in [-0.39, 0.29) is 5.96 Å². The number of aromatic nitrogens is 2. The molecule has 1 aromatic rings. The number of nitrogens with one attached hydrogen (secondary N) is 3. The van der Waals surface area contributed by atoms with E-state index in [1.165, 1.54) is 6.20 Å². The highest BCUT2D eigenvalue weighted by Gasteiger charge is 2.35. The molecule has 1 unspecified atom stereocenters. The Bertz CT molecular complexity index is 559. The molecule has 0 saturated heterocycles. The molecule has 0 saturated carbocycles. The van der Waals surface area contributed by atoms with Crippen molar-refractivity contribution in [3.05, 3.63) is 18.0 Å². The fourth-order valence-electron chi connectivity index (χ4n) is 1.57. The average molecular weight is 289 g/mol. The summed E-state index contributed by atoms with van der Waals surface area (Å²) in [5.41, 5.74) is -0.985. The van der Waals surface area contributed by atoms with Crippen LogP contribution in [0.25, 0.3) is 0 Å². The number of halogens is 3. The molecule has 1 aromatic heterocycles. The van der Waals surface area contributed by atoms with Crippen molar-refractivity contribution in [1.29, 1.82) is 0 Å². The molecular weight excluding hydrogens is 275 g/mol. The number of aliphatic imine (C=N–C) groups is 2. The van der Waals surface area contributed by atoms with Crippen molar-refractivity contribution in [3.8, 4) is 0 Å². The van der Waals surface area contributed by atoms with Crippen LogP contribution in [0, 0.1) is 0 Å². The van der Waals surface area contributed by atoms with Crippen LogP contribution in [0.5, 0.6) is 0 Å². The molecule has 1 aliphatic heterocycles. The summed E-state index contributed by atoms with van der Waals surface area (Å²) in [6.45, 7) is 1.72. The van der Waals surface area contributed by atoms with Gasteiger partial charge >= 0.3 is 6.18 Å². The predicted molar refractivity (Wildman–Crippen MR) is 67.2 cm³/mol. The number of nitrogens with zero attached hydrogens (tertiary/aromatic N) is 4. The van der Waals surface area contributed by atoms with Crippen LogP contribution in [0.1, 0.15) is 12.6 Å². The second-order valence-electron chi connectivity index (χ2n) is 4.22. The molecule has 20 heavy (non-hydrogen) atoms. The second kappa shape index (κ2) is 4.78. The molecule has 0 spiro atoms. The fourth-order valence-corrected chi connectivity index (χ4v) is 1.57. The lowest BCUT2D eigenvalue weighted by Gasteiger charge is -2.33. The van der Waals surface area contributed by atoms with E-state index in [1.54, 1.807) is 21.0 Å². The lowest BCUT2D eigenvalue weighted by Crippen LogP contribution is -2.63. The van der Waals surface area contributed by atoms with Crippen LogP contribution in [-0.4, -0.2) is 41.6 Å². The van der Waals surface area contributed by atoms with Crippen molar-refractivity contribution in [2.75, 3.05) is 14.1 Å². The maximum Gasteiger partial charge on any atom is 0.435 e. The Hall–Kier alpha value is -2.10. The Morgan fingerprint density at radius 1 is 1.45 bits per heavy atom. The number of guanidine groups is 1. The van der Waals surface area contributed by atoms with E-state index in [0.717, 1.165) is 10.7 Å². The summed E-state index contributed by atoms with van der Waals surface area (Å²) < 4.78 is 38.7. The van der Waals surface area contributed by atoms with Gasteiger partial charge in [0.1, 0.15) is 0 Å². The largest absolute Gasteiger partial charge is 0.435 e. The summed E-state index contributed by atoms with van der Waals surface area (Å²) in [4.78, 5) is 8.16. The Labute approximate surface area is 113 Å². The maximum absolute atomic E-state index is 12.5. The van der Waals surface area contributed by atoms with Gasteiger partial charge in [0.05, 0.1) is 0 Å². The highest BCUT2D eigenvalue weighted by Crippen LogP contribution is 2.27. The normalized spacial score (nSPS) is 25.1. The number of rotatable bonds is 1. The summed E-state index contributed by atoms with van der Waals surface area (Å²) in [7, 11) is 3.20. The first kappa shape index (κ1) is 14.3. The van der Waals surface area contributed by atoms with E-state index in [2.05, 4.69) is 31.0 Å². The van der Waals surface area contributed by atoms with E-state index in [0.29, 0.717) is 5.96 Å². The minimum atomic E-state index is -4.49. The number of alkyl halides is 3. The van der Waals surface area contributed by atoms with Gasteiger partial charge in [-0.1, -0.05) is 0 Å². The Morgan fingerprint density at radius 3 is 2.65 bits per heavy atom. The monoisotopic (exact) mass is 289 g/mol. The Balaban J connectivity index is 2.38. The van der Waals surface area contributed by atoms with Crippen molar-refractivity contribution in [2.45, 2.75) is 18.9 Å². The van der Waals surface area contributed by atoms with Gasteiger partial charge in [-0.15, -0.1) is 0 Å². The average Bonchev–Trinajstić information content (AvgIpc) is 2.87. The molecule has 0 radical (unpaired) electrons. The third kappa shape index (κ3) is 2.74. The number of hydrogen-bond donors (Lipinski definition) is 3. The Kier molecular flexibility index (Phi) is 3.42. The van der Waals surface area contributed by atoms with Gasteiger partial charge in [0.2, 0.25) is 11.9 Å². The minimum Gasteiger partial charge on any atom is -0.319 e. The summed E-state index contributed by atoms with van der Waals surface area (Å²) >= 11 is 0. The molecule has 0 fully saturated rings. The molecule has 0 aromatic carbocycles. The third-order valence-electron chi connectivity index (χ3n) is 2.73. The standard InChI is InChI=1S/C10H14F3N7/c1-9(15-3)17-7(14-2)16-8(18-9)20-5-4-6(19-20)10(11,12)13/h4-5,15H,1-3H3,(H2,14,16,17,18). The van der Waals surface area contributed by atoms with E-state index in [1.807, 2.05) is 0 Å². The SMILES string of the molecule is CN=C1NC(n2ccc(C(F)(F)F)n2)=NC(C)(NC)N1. The van der Waals surface area contributed by atoms with Gasteiger partial charge in [-0.2, -0.15) is 18.3 Å². The van der Waals surface area contributed by atoms with E-state index >= 15 is 0 Å². The Morgan fingerprint density at radius 2 is 2.15 bits per heavy atom. The summed E-state index contributed by atoms with van der Waals surface area (Å²) in [5.74, 6) is -0.382. The van der Waals surface area contributed by atoms with Gasteiger partial charge in [0.25, 0.3) is 0 Å². The van der Waals surface area contributed by atoms with Crippen molar-refractivity contribution in [1.82, 2.24) is 25.7 Å². The summed E-state index contributed by atoms with van der Waals surface area (Å²) in [6.07, 6.45) is -3.31. The van der Waals surface area contributed by atoms with Crippen LogP contribution in [0.15, 0.2) is 22.2 Å². The minimum absolute atomic E-state index is 0.136. The molecule has 1 aliphatic rings. The van der Waals surface area contributed by atoms with Crippen molar-refractivity contribution in [2.24, 2.45) is 9.98 Å². The first-order valence-corrected chi connectivity index (χ1v) is 5.71. The quantitative estimate of drug-likeness (QED) is 0.689. The molecule has 1 atom stereocenters. The van der Waals surface area contributed by atoms with Crippen LogP contribution >= 0.6 is 0 Å². The molecule has 3 N–H and O–H groups in total. The van der Waals surface area contributed by atoms with E-state index in [9.17, 15) is 13.2 Å². The first-order valence-electron chi connectivity index (χ1n) is 5.71. The zero-order chi connectivity index (χ0) is 15.0. The molecule has 2 rings (SSSR count). The second-order valence-corrected chi connectivity index (χ2v) is 4.22. The summed E-state index contributed by atoms with van der Waals surface area (Å²) in [5, 5.41) is 12.1. The first-order chi connectivity index (χ1) is 9.27. The van der Waals surface area contributed by atoms with Gasteiger partial charge in [0.15, 0.2) is 11.5 Å². The van der Waals surface area contributed by atoms with E-state index in [4.69, 9.17) is 0 Å². The third-order valence-corrected chi connectivity index (χ3v) is 2.73. The smallest absolute Gasteiger partial charge is 0.319 e. The van der Waals surface area contributed by atoms with Gasteiger partial charge in [0, 0.05) is 13.2 Å². The van der Waals surface area contributed by atoms with Crippen LogP contribution < -0.4 is 16.0 Å². The van der Waals surface area contributed by atoms with E-state index < -0.39 is 17.7 Å². The zero-order valence-corrected chi connectivity index (χ0v) is 11.1. The molecular formula is C10H14F3N7. The number of hydrogen-bond acceptors (Lipinski definition) is 4. The maximum atomic E-state index is 12.5. The van der Waals surface area contributed by atoms with Crippen LogP contribution in [0.3, 0.4) is 0 Å². The van der Waals surface area contributed by atoms with Gasteiger partial charge in [-0.05, 0) is 20.0 Å². The van der Waals surface area contributed by atoms with Crippen LogP contribution in [0.2, 0.25) is 0 Å². The lowest BCUT2D eigenvalue weighted by molar-refractivity contribution is -0.141. The molecule has 110 valence electrons. The molecule has 7 nitrogen and oxygen atoms in total. The van der Waals surface area contributed by atoms with Gasteiger partial charge < -0.3 is 5.32 Å². The van der Waals surface area contributed by atoms with Gasteiger partial charge in [-0.25, -0.2) is 9.67 Å². The van der Waals surface area contributed by atoms with Gasteiger partial charge in [-0.3, -0.25) is 15.6 Å². The van der Waals surface area contributed by atoms with Crippen molar-refractivity contribution >= 4 is 11.9 Å². The molecule has 10 heteroatoms. The molecule has 0 amide bonds. The predicted octanol–water partition coefficient (Wildman–Crippen LogP) is 0.178. The van der Waals surface area contributed by atoms with Crippen molar-refractivity contribution < 1.29 is 13.2 Å². The zero-order valence-electron chi connectivity index (χ0n) is 11.1. The van der Waals surface area contributed by atoms with Crippen LogP contribution in [-0.2, 0) is 6.18 Å². The topological polar surface area (TPSA) is 78.6 Å².